The fourth-order valence-corrected chi connectivity index (χ4v) is 4.70. The van der Waals surface area contributed by atoms with Crippen LogP contribution in [0, 0.1) is 6.92 Å². The highest BCUT2D eigenvalue weighted by Crippen LogP contribution is 2.49. The smallest absolute Gasteiger partial charge is 0.233 e. The van der Waals surface area contributed by atoms with Gasteiger partial charge in [-0.15, -0.1) is 0 Å². The number of fused-ring (bicyclic) bond motifs is 1. The molecule has 0 spiro atoms. The number of aryl methyl sites for hydroxylation is 1. The summed E-state index contributed by atoms with van der Waals surface area (Å²) in [5, 5.41) is 8.22. The third kappa shape index (κ3) is 3.10. The van der Waals surface area contributed by atoms with E-state index in [-0.39, 0.29) is 17.6 Å². The van der Waals surface area contributed by atoms with E-state index in [0.717, 1.165) is 45.8 Å². The van der Waals surface area contributed by atoms with Gasteiger partial charge in [0.2, 0.25) is 5.88 Å². The second-order valence-corrected chi connectivity index (χ2v) is 8.25. The first-order valence-electron chi connectivity index (χ1n) is 9.94. The van der Waals surface area contributed by atoms with Gasteiger partial charge >= 0.3 is 0 Å². The van der Waals surface area contributed by atoms with Crippen LogP contribution in [0.2, 0.25) is 5.02 Å². The predicted octanol–water partition coefficient (Wildman–Crippen LogP) is 5.60. The molecule has 0 saturated carbocycles. The lowest BCUT2D eigenvalue weighted by Gasteiger charge is -2.34. The Balaban J connectivity index is 1.59. The number of anilines is 1. The molecule has 0 bridgehead atoms. The van der Waals surface area contributed by atoms with Gasteiger partial charge in [-0.3, -0.25) is 4.79 Å². The van der Waals surface area contributed by atoms with Crippen molar-refractivity contribution in [2.75, 3.05) is 12.4 Å². The van der Waals surface area contributed by atoms with E-state index < -0.39 is 0 Å². The minimum Gasteiger partial charge on any atom is -0.497 e. The zero-order valence-electron chi connectivity index (χ0n) is 16.7. The molecule has 5 nitrogen and oxygen atoms in total. The van der Waals surface area contributed by atoms with Crippen molar-refractivity contribution in [2.24, 2.45) is 0 Å². The summed E-state index contributed by atoms with van der Waals surface area (Å²) >= 11 is 6.04. The number of benzene rings is 2. The Hall–Kier alpha value is -3.05. The topological polar surface area (TPSA) is 64.4 Å². The number of nitrogens with one attached hydrogen (secondary N) is 1. The van der Waals surface area contributed by atoms with Gasteiger partial charge < -0.3 is 14.6 Å². The van der Waals surface area contributed by atoms with E-state index in [1.807, 2.05) is 55.5 Å². The quantitative estimate of drug-likeness (QED) is 0.597. The van der Waals surface area contributed by atoms with Crippen LogP contribution in [0.5, 0.6) is 5.75 Å². The molecule has 1 N–H and O–H groups in total. The van der Waals surface area contributed by atoms with Crippen LogP contribution < -0.4 is 10.1 Å². The highest BCUT2D eigenvalue weighted by molar-refractivity contribution is 6.30. The lowest BCUT2D eigenvalue weighted by atomic mass is 9.72. The molecular formula is C24H21ClN2O3. The van der Waals surface area contributed by atoms with Gasteiger partial charge in [-0.25, -0.2) is 0 Å². The highest BCUT2D eigenvalue weighted by atomic mass is 35.5. The number of ether oxygens (including phenoxy) is 1. The van der Waals surface area contributed by atoms with Crippen molar-refractivity contribution in [1.29, 1.82) is 0 Å². The molecule has 0 saturated heterocycles. The fourth-order valence-electron chi connectivity index (χ4n) is 4.57. The molecule has 2 atom stereocenters. The monoisotopic (exact) mass is 420 g/mol. The number of aromatic nitrogens is 1. The molecule has 5 rings (SSSR count). The van der Waals surface area contributed by atoms with Crippen LogP contribution in [-0.4, -0.2) is 18.0 Å². The van der Waals surface area contributed by atoms with E-state index >= 15 is 0 Å². The lowest BCUT2D eigenvalue weighted by Crippen LogP contribution is -2.29. The Morgan fingerprint density at radius 1 is 1.07 bits per heavy atom. The van der Waals surface area contributed by atoms with Crippen molar-refractivity contribution in [3.8, 4) is 5.75 Å². The van der Waals surface area contributed by atoms with Gasteiger partial charge in [0, 0.05) is 28.6 Å². The van der Waals surface area contributed by atoms with Gasteiger partial charge in [-0.2, -0.15) is 0 Å². The summed E-state index contributed by atoms with van der Waals surface area (Å²) in [6.45, 7) is 1.91. The summed E-state index contributed by atoms with van der Waals surface area (Å²) in [4.78, 5) is 13.4. The van der Waals surface area contributed by atoms with E-state index in [4.69, 9.17) is 20.9 Å². The molecular weight excluding hydrogens is 400 g/mol. The number of nitrogens with zero attached hydrogens (tertiary/aromatic N) is 1. The summed E-state index contributed by atoms with van der Waals surface area (Å²) in [5.41, 5.74) is 5.58. The first kappa shape index (κ1) is 18.9. The molecule has 2 aromatic carbocycles. The molecule has 0 fully saturated rings. The van der Waals surface area contributed by atoms with Gasteiger partial charge in [0.05, 0.1) is 18.4 Å². The number of allylic oxidation sites excluding steroid dienone is 2. The number of methoxy groups -OCH3 is 1. The number of hydrogen-bond acceptors (Lipinski definition) is 5. The second kappa shape index (κ2) is 7.33. The molecule has 152 valence electrons. The molecule has 3 aromatic rings. The van der Waals surface area contributed by atoms with Crippen molar-refractivity contribution >= 4 is 23.3 Å². The maximum atomic E-state index is 13.4. The summed E-state index contributed by atoms with van der Waals surface area (Å²) in [6, 6.07) is 15.6. The van der Waals surface area contributed by atoms with Gasteiger partial charge in [0.25, 0.3) is 0 Å². The van der Waals surface area contributed by atoms with Gasteiger partial charge in [-0.05, 0) is 54.7 Å². The molecule has 0 unspecified atom stereocenters. The second-order valence-electron chi connectivity index (χ2n) is 7.81. The first-order chi connectivity index (χ1) is 14.5. The minimum atomic E-state index is -0.202. The van der Waals surface area contributed by atoms with Crippen molar-refractivity contribution in [1.82, 2.24) is 5.16 Å². The number of carbonyl (C=O) groups excluding carboxylic acids is 1. The summed E-state index contributed by atoms with van der Waals surface area (Å²) < 4.78 is 10.9. The molecule has 0 amide bonds. The molecule has 2 aliphatic rings. The van der Waals surface area contributed by atoms with Crippen LogP contribution in [0.15, 0.2) is 64.3 Å². The predicted molar refractivity (Wildman–Crippen MR) is 115 cm³/mol. The van der Waals surface area contributed by atoms with Crippen molar-refractivity contribution in [3.05, 3.63) is 87.2 Å². The number of hydrogen-bond donors (Lipinski definition) is 1. The molecule has 1 aliphatic carbocycles. The zero-order valence-corrected chi connectivity index (χ0v) is 17.5. The van der Waals surface area contributed by atoms with Crippen LogP contribution in [0.3, 0.4) is 0 Å². The average Bonchev–Trinajstić information content (AvgIpc) is 3.13. The standard InChI is InChI=1S/C24H21ClN2O3/c1-13-21-22(15-5-9-18(29-2)10-6-15)23-19(26-24(21)30-27-13)11-16(12-20(23)28)14-3-7-17(25)8-4-14/h3-10,16,22,26H,11-12H2,1-2H3/t16-,22+/m0/s1. The summed E-state index contributed by atoms with van der Waals surface area (Å²) in [7, 11) is 1.64. The van der Waals surface area contributed by atoms with Crippen molar-refractivity contribution in [3.63, 3.8) is 0 Å². The van der Waals surface area contributed by atoms with E-state index in [2.05, 4.69) is 10.5 Å². The van der Waals surface area contributed by atoms with Crippen molar-refractivity contribution in [2.45, 2.75) is 31.6 Å². The number of carbonyl (C=O) groups is 1. The third-order valence-electron chi connectivity index (χ3n) is 6.05. The molecule has 1 aromatic heterocycles. The molecule has 6 heteroatoms. The van der Waals surface area contributed by atoms with Crippen molar-refractivity contribution < 1.29 is 14.1 Å². The normalized spacial score (nSPS) is 20.4. The average molecular weight is 421 g/mol. The van der Waals surface area contributed by atoms with Gasteiger partial charge in [0.1, 0.15) is 5.75 Å². The van der Waals surface area contributed by atoms with E-state index in [9.17, 15) is 4.79 Å². The van der Waals surface area contributed by atoms with E-state index in [0.29, 0.717) is 17.3 Å². The minimum absolute atomic E-state index is 0.100. The Morgan fingerprint density at radius 2 is 1.77 bits per heavy atom. The Morgan fingerprint density at radius 3 is 2.47 bits per heavy atom. The lowest BCUT2D eigenvalue weighted by molar-refractivity contribution is -0.116. The number of halogens is 1. The molecule has 2 heterocycles. The van der Waals surface area contributed by atoms with Crippen LogP contribution in [-0.2, 0) is 4.79 Å². The van der Waals surface area contributed by atoms with E-state index in [1.165, 1.54) is 0 Å². The largest absolute Gasteiger partial charge is 0.497 e. The van der Waals surface area contributed by atoms with E-state index in [1.54, 1.807) is 7.11 Å². The first-order valence-corrected chi connectivity index (χ1v) is 10.3. The molecule has 1 aliphatic heterocycles. The Kier molecular flexibility index (Phi) is 4.63. The number of ketones is 1. The maximum absolute atomic E-state index is 13.4. The zero-order chi connectivity index (χ0) is 20.8. The summed E-state index contributed by atoms with van der Waals surface area (Å²) in [5.74, 6) is 1.45. The van der Waals surface area contributed by atoms with Crippen LogP contribution in [0.25, 0.3) is 0 Å². The summed E-state index contributed by atoms with van der Waals surface area (Å²) in [6.07, 6.45) is 1.20. The molecule has 0 radical (unpaired) electrons. The SMILES string of the molecule is COc1ccc([C@H]2C3=C(C[C@H](c4ccc(Cl)cc4)CC3=O)Nc3onc(C)c32)cc1. The molecule has 30 heavy (non-hydrogen) atoms. The Bertz CT molecular complexity index is 1150. The van der Waals surface area contributed by atoms with Gasteiger partial charge in [0.15, 0.2) is 5.78 Å². The Labute approximate surface area is 179 Å². The maximum Gasteiger partial charge on any atom is 0.233 e. The number of Topliss-reactive ketones (excluding diaryl/α,β-unsaturated/α-hetero) is 1. The van der Waals surface area contributed by atoms with Crippen LogP contribution in [0.4, 0.5) is 5.88 Å². The third-order valence-corrected chi connectivity index (χ3v) is 6.30. The van der Waals surface area contributed by atoms with Crippen LogP contribution in [0.1, 0.15) is 47.1 Å². The highest BCUT2D eigenvalue weighted by Gasteiger charge is 2.41. The fraction of sp³-hybridized carbons (Fsp3) is 0.250. The van der Waals surface area contributed by atoms with Gasteiger partial charge in [-0.1, -0.05) is 41.0 Å². The number of rotatable bonds is 3. The van der Waals surface area contributed by atoms with Crippen LogP contribution >= 0.6 is 11.6 Å².